The van der Waals surface area contributed by atoms with Gasteiger partial charge < -0.3 is 22.3 Å². The molecule has 122 valence electrons. The maximum atomic E-state index is 9.23. The molecule has 7 N–H and O–H groups in total. The van der Waals surface area contributed by atoms with Gasteiger partial charge in [0.1, 0.15) is 0 Å². The third-order valence-corrected chi connectivity index (χ3v) is 4.62. The Morgan fingerprint density at radius 1 is 1.10 bits per heavy atom. The van der Waals surface area contributed by atoms with Gasteiger partial charge in [0.2, 0.25) is 0 Å². The predicted octanol–water partition coefficient (Wildman–Crippen LogP) is 1.98. The number of aliphatic hydroxyl groups is 1. The number of aliphatic hydroxyl groups excluding tert-OH is 1. The highest BCUT2D eigenvalue weighted by molar-refractivity contribution is 5.00. The van der Waals surface area contributed by atoms with Gasteiger partial charge in [-0.3, -0.25) is 0 Å². The Balaban J connectivity index is 4.89. The molecular formula is C16H37N3O. The lowest BCUT2D eigenvalue weighted by Crippen LogP contribution is -2.59. The Kier molecular flexibility index (Phi) is 8.26. The first-order valence-electron chi connectivity index (χ1n) is 8.01. The van der Waals surface area contributed by atoms with E-state index in [4.69, 9.17) is 17.2 Å². The third-order valence-electron chi connectivity index (χ3n) is 4.62. The summed E-state index contributed by atoms with van der Waals surface area (Å²) in [5.41, 5.74) is 18.3. The molecule has 0 aromatic heterocycles. The fourth-order valence-electron chi connectivity index (χ4n) is 2.98. The van der Waals surface area contributed by atoms with Crippen LogP contribution in [0.2, 0.25) is 0 Å². The van der Waals surface area contributed by atoms with Gasteiger partial charge in [0.05, 0.1) is 6.61 Å². The van der Waals surface area contributed by atoms with Crippen molar-refractivity contribution < 1.29 is 5.11 Å². The topological polar surface area (TPSA) is 98.3 Å². The molecule has 0 rings (SSSR count). The molecule has 0 aliphatic rings. The van der Waals surface area contributed by atoms with Crippen molar-refractivity contribution in [1.82, 2.24) is 0 Å². The summed E-state index contributed by atoms with van der Waals surface area (Å²) < 4.78 is 0. The molecule has 0 spiro atoms. The van der Waals surface area contributed by atoms with Gasteiger partial charge in [0.15, 0.2) is 0 Å². The molecule has 0 aliphatic heterocycles. The fraction of sp³-hybridized carbons (Fsp3) is 1.00. The van der Waals surface area contributed by atoms with Gasteiger partial charge in [-0.25, -0.2) is 0 Å². The number of nitrogens with two attached hydrogens (primary N) is 3. The molecule has 4 unspecified atom stereocenters. The van der Waals surface area contributed by atoms with E-state index in [0.29, 0.717) is 12.3 Å². The minimum Gasteiger partial charge on any atom is -0.395 e. The molecule has 4 heteroatoms. The zero-order valence-electron chi connectivity index (χ0n) is 14.2. The van der Waals surface area contributed by atoms with Crippen LogP contribution in [0.3, 0.4) is 0 Å². The number of rotatable bonds is 10. The van der Waals surface area contributed by atoms with Gasteiger partial charge in [-0.2, -0.15) is 0 Å². The van der Waals surface area contributed by atoms with E-state index in [1.54, 1.807) is 0 Å². The molecular weight excluding hydrogens is 250 g/mol. The van der Waals surface area contributed by atoms with Crippen molar-refractivity contribution in [1.29, 1.82) is 0 Å². The van der Waals surface area contributed by atoms with E-state index in [2.05, 4.69) is 34.6 Å². The van der Waals surface area contributed by atoms with Crippen molar-refractivity contribution in [3.8, 4) is 0 Å². The van der Waals surface area contributed by atoms with E-state index < -0.39 is 0 Å². The first-order valence-corrected chi connectivity index (χ1v) is 8.01. The molecule has 0 heterocycles. The average Bonchev–Trinajstić information content (AvgIpc) is 2.34. The van der Waals surface area contributed by atoms with Crippen LogP contribution in [0.5, 0.6) is 0 Å². The SMILES string of the molecule is CCC(C)(N)C(CC(N)CO)C(C)(N)CCCC(C)C. The molecule has 20 heavy (non-hydrogen) atoms. The molecule has 0 amide bonds. The van der Waals surface area contributed by atoms with Crippen LogP contribution in [0.1, 0.15) is 66.7 Å². The van der Waals surface area contributed by atoms with E-state index in [0.717, 1.165) is 19.3 Å². The van der Waals surface area contributed by atoms with Crippen LogP contribution in [0.15, 0.2) is 0 Å². The van der Waals surface area contributed by atoms with E-state index in [-0.39, 0.29) is 29.6 Å². The molecule has 4 nitrogen and oxygen atoms in total. The molecule has 0 aromatic rings. The zero-order chi connectivity index (χ0) is 16.0. The Hall–Kier alpha value is -0.160. The summed E-state index contributed by atoms with van der Waals surface area (Å²) in [5, 5.41) is 9.23. The van der Waals surface area contributed by atoms with Crippen molar-refractivity contribution in [3.63, 3.8) is 0 Å². The summed E-state index contributed by atoms with van der Waals surface area (Å²) in [6.45, 7) is 10.7. The molecule has 0 fully saturated rings. The zero-order valence-corrected chi connectivity index (χ0v) is 14.2. The number of hydrogen-bond acceptors (Lipinski definition) is 4. The molecule has 0 aromatic carbocycles. The van der Waals surface area contributed by atoms with Gasteiger partial charge >= 0.3 is 0 Å². The third kappa shape index (κ3) is 6.53. The van der Waals surface area contributed by atoms with Crippen molar-refractivity contribution in [2.45, 2.75) is 83.8 Å². The first-order chi connectivity index (χ1) is 9.06. The van der Waals surface area contributed by atoms with E-state index in [1.165, 1.54) is 6.42 Å². The van der Waals surface area contributed by atoms with Gasteiger partial charge in [-0.15, -0.1) is 0 Å². The quantitative estimate of drug-likeness (QED) is 0.494. The molecule has 0 bridgehead atoms. The summed E-state index contributed by atoms with van der Waals surface area (Å²) >= 11 is 0. The Morgan fingerprint density at radius 3 is 2.05 bits per heavy atom. The van der Waals surface area contributed by atoms with Crippen LogP contribution < -0.4 is 17.2 Å². The normalized spacial score (nSPS) is 21.3. The average molecular weight is 287 g/mol. The second kappa shape index (κ2) is 8.32. The summed E-state index contributed by atoms with van der Waals surface area (Å²) in [4.78, 5) is 0. The van der Waals surface area contributed by atoms with Crippen molar-refractivity contribution >= 4 is 0 Å². The van der Waals surface area contributed by atoms with E-state index in [9.17, 15) is 5.11 Å². The smallest absolute Gasteiger partial charge is 0.0582 e. The van der Waals surface area contributed by atoms with Crippen LogP contribution in [0, 0.1) is 11.8 Å². The molecule has 0 radical (unpaired) electrons. The maximum absolute atomic E-state index is 9.23. The lowest BCUT2D eigenvalue weighted by atomic mass is 9.67. The van der Waals surface area contributed by atoms with Crippen LogP contribution in [0.25, 0.3) is 0 Å². The molecule has 4 atom stereocenters. The second-order valence-electron chi connectivity index (χ2n) is 7.38. The second-order valence-corrected chi connectivity index (χ2v) is 7.38. The van der Waals surface area contributed by atoms with Crippen molar-refractivity contribution in [2.75, 3.05) is 6.61 Å². The lowest BCUT2D eigenvalue weighted by molar-refractivity contribution is 0.127. The minimum absolute atomic E-state index is 0.0155. The van der Waals surface area contributed by atoms with Crippen LogP contribution in [-0.4, -0.2) is 28.8 Å². The molecule has 0 saturated carbocycles. The summed E-state index contributed by atoms with van der Waals surface area (Å²) in [5.74, 6) is 0.800. The Bertz CT molecular complexity index is 264. The van der Waals surface area contributed by atoms with Gasteiger partial charge in [0.25, 0.3) is 0 Å². The highest BCUT2D eigenvalue weighted by atomic mass is 16.3. The number of hydrogen-bond donors (Lipinski definition) is 4. The Labute approximate surface area is 125 Å². The van der Waals surface area contributed by atoms with Gasteiger partial charge in [-0.05, 0) is 44.9 Å². The lowest BCUT2D eigenvalue weighted by Gasteiger charge is -2.45. The highest BCUT2D eigenvalue weighted by Crippen LogP contribution is 2.34. The summed E-state index contributed by atoms with van der Waals surface area (Å²) in [6.07, 6.45) is 4.76. The van der Waals surface area contributed by atoms with Gasteiger partial charge in [-0.1, -0.05) is 33.6 Å². The first kappa shape index (κ1) is 19.8. The van der Waals surface area contributed by atoms with Crippen LogP contribution in [0.4, 0.5) is 0 Å². The van der Waals surface area contributed by atoms with Crippen molar-refractivity contribution in [2.24, 2.45) is 29.0 Å². The monoisotopic (exact) mass is 287 g/mol. The molecule has 0 aliphatic carbocycles. The largest absolute Gasteiger partial charge is 0.395 e. The fourth-order valence-corrected chi connectivity index (χ4v) is 2.98. The van der Waals surface area contributed by atoms with Crippen LogP contribution >= 0.6 is 0 Å². The summed E-state index contributed by atoms with van der Waals surface area (Å²) in [7, 11) is 0. The predicted molar refractivity (Wildman–Crippen MR) is 87.3 cm³/mol. The maximum Gasteiger partial charge on any atom is 0.0582 e. The highest BCUT2D eigenvalue weighted by Gasteiger charge is 2.40. The van der Waals surface area contributed by atoms with Crippen LogP contribution in [-0.2, 0) is 0 Å². The van der Waals surface area contributed by atoms with Gasteiger partial charge in [0, 0.05) is 17.1 Å². The Morgan fingerprint density at radius 2 is 1.65 bits per heavy atom. The molecule has 0 saturated heterocycles. The van der Waals surface area contributed by atoms with E-state index in [1.807, 2.05) is 0 Å². The van der Waals surface area contributed by atoms with Crippen molar-refractivity contribution in [3.05, 3.63) is 0 Å². The standard InChI is InChI=1S/C16H37N3O/c1-6-15(4,18)14(10-13(17)11-20)16(5,19)9-7-8-12(2)3/h12-14,20H,6-11,17-19H2,1-5H3. The van der Waals surface area contributed by atoms with E-state index >= 15 is 0 Å². The minimum atomic E-state index is -0.353. The summed E-state index contributed by atoms with van der Waals surface area (Å²) in [6, 6.07) is -0.248.